The number of fused-ring (bicyclic) bond motifs is 1. The minimum atomic E-state index is 0.0751. The molecule has 0 spiro atoms. The van der Waals surface area contributed by atoms with Crippen LogP contribution < -0.4 is 0 Å². The second-order valence-corrected chi connectivity index (χ2v) is 10.0. The molecule has 2 heteroatoms. The van der Waals surface area contributed by atoms with E-state index in [9.17, 15) is 4.79 Å². The minimum absolute atomic E-state index is 0.0751. The van der Waals surface area contributed by atoms with Gasteiger partial charge in [-0.2, -0.15) is 0 Å². The van der Waals surface area contributed by atoms with E-state index in [1.54, 1.807) is 0 Å². The molecule has 128 valence electrons. The smallest absolute Gasteiger partial charge is 0.162 e. The highest BCUT2D eigenvalue weighted by Gasteiger charge is 2.35. The molecule has 1 nitrogen and oxygen atoms in total. The largest absolute Gasteiger partial charge is 0.294 e. The summed E-state index contributed by atoms with van der Waals surface area (Å²) in [5.41, 5.74) is 3.88. The standard InChI is InChI=1S/C21H32OS/c1-14(2)9-8-10-18(22)15-11-16(20(3,4)5)19-17(12-15)21(6,7)13-23-19/h11-12,14H,8-10,13H2,1-7H3. The van der Waals surface area contributed by atoms with Crippen LogP contribution >= 0.6 is 11.8 Å². The molecule has 0 amide bonds. The van der Waals surface area contributed by atoms with Crippen molar-refractivity contribution in [3.05, 3.63) is 28.8 Å². The van der Waals surface area contributed by atoms with E-state index in [0.29, 0.717) is 18.1 Å². The van der Waals surface area contributed by atoms with Gasteiger partial charge in [0.2, 0.25) is 0 Å². The van der Waals surface area contributed by atoms with Gasteiger partial charge in [-0.15, -0.1) is 11.8 Å². The lowest BCUT2D eigenvalue weighted by Gasteiger charge is -2.25. The molecular weight excluding hydrogens is 300 g/mol. The summed E-state index contributed by atoms with van der Waals surface area (Å²) in [6.45, 7) is 15.8. The molecule has 0 bridgehead atoms. The zero-order valence-electron chi connectivity index (χ0n) is 15.9. The summed E-state index contributed by atoms with van der Waals surface area (Å²) in [5.74, 6) is 2.09. The monoisotopic (exact) mass is 332 g/mol. The van der Waals surface area contributed by atoms with Gasteiger partial charge in [-0.05, 0) is 41.0 Å². The summed E-state index contributed by atoms with van der Waals surface area (Å²) in [6, 6.07) is 4.35. The second-order valence-electron chi connectivity index (χ2n) is 9.03. The molecule has 1 heterocycles. The fourth-order valence-corrected chi connectivity index (χ4v) is 4.82. The Morgan fingerprint density at radius 2 is 1.91 bits per heavy atom. The van der Waals surface area contributed by atoms with E-state index in [0.717, 1.165) is 24.2 Å². The van der Waals surface area contributed by atoms with Crippen LogP contribution in [0.2, 0.25) is 0 Å². The van der Waals surface area contributed by atoms with Crippen LogP contribution in [0.4, 0.5) is 0 Å². The predicted molar refractivity (Wildman–Crippen MR) is 102 cm³/mol. The molecule has 0 unspecified atom stereocenters. The molecule has 0 aliphatic carbocycles. The quantitative estimate of drug-likeness (QED) is 0.582. The maximum Gasteiger partial charge on any atom is 0.162 e. The molecule has 23 heavy (non-hydrogen) atoms. The molecule has 1 aliphatic heterocycles. The van der Waals surface area contributed by atoms with Gasteiger partial charge >= 0.3 is 0 Å². The molecule has 0 N–H and O–H groups in total. The topological polar surface area (TPSA) is 17.1 Å². The van der Waals surface area contributed by atoms with Crippen LogP contribution in [0.25, 0.3) is 0 Å². The van der Waals surface area contributed by atoms with Crippen molar-refractivity contribution >= 4 is 17.5 Å². The number of hydrogen-bond acceptors (Lipinski definition) is 2. The predicted octanol–water partition coefficient (Wildman–Crippen LogP) is 6.38. The van der Waals surface area contributed by atoms with Crippen LogP contribution in [0.5, 0.6) is 0 Å². The van der Waals surface area contributed by atoms with Crippen molar-refractivity contribution in [2.24, 2.45) is 5.92 Å². The first kappa shape index (κ1) is 18.6. The van der Waals surface area contributed by atoms with E-state index in [2.05, 4.69) is 60.6 Å². The Kier molecular flexibility index (Phi) is 5.35. The van der Waals surface area contributed by atoms with E-state index >= 15 is 0 Å². The van der Waals surface area contributed by atoms with Gasteiger partial charge in [0.1, 0.15) is 0 Å². The molecule has 0 fully saturated rings. The lowest BCUT2D eigenvalue weighted by atomic mass is 9.79. The summed E-state index contributed by atoms with van der Waals surface area (Å²) < 4.78 is 0. The maximum atomic E-state index is 12.7. The Hall–Kier alpha value is -0.760. The van der Waals surface area contributed by atoms with Crippen molar-refractivity contribution in [3.63, 3.8) is 0 Å². The third-order valence-electron chi connectivity index (χ3n) is 4.71. The first-order chi connectivity index (χ1) is 10.5. The zero-order chi connectivity index (χ0) is 17.4. The van der Waals surface area contributed by atoms with Crippen LogP contribution in [-0.4, -0.2) is 11.5 Å². The summed E-state index contributed by atoms with van der Waals surface area (Å²) in [5, 5.41) is 0. The lowest BCUT2D eigenvalue weighted by molar-refractivity contribution is 0.0978. The molecule has 1 aliphatic rings. The molecule has 0 aromatic heterocycles. The second kappa shape index (κ2) is 6.63. The number of benzene rings is 1. The van der Waals surface area contributed by atoms with Crippen molar-refractivity contribution in [3.8, 4) is 0 Å². The molecule has 0 saturated carbocycles. The van der Waals surface area contributed by atoms with Gasteiger partial charge in [-0.1, -0.05) is 54.9 Å². The van der Waals surface area contributed by atoms with Gasteiger partial charge in [0.15, 0.2) is 5.78 Å². The van der Waals surface area contributed by atoms with E-state index in [1.165, 1.54) is 16.0 Å². The van der Waals surface area contributed by atoms with Crippen LogP contribution in [0.1, 0.15) is 89.2 Å². The first-order valence-electron chi connectivity index (χ1n) is 8.87. The normalized spacial score (nSPS) is 16.7. The number of carbonyl (C=O) groups is 1. The average molecular weight is 333 g/mol. The van der Waals surface area contributed by atoms with E-state index in [1.807, 2.05) is 11.8 Å². The van der Waals surface area contributed by atoms with Gasteiger partial charge in [0.05, 0.1) is 0 Å². The number of rotatable bonds is 5. The van der Waals surface area contributed by atoms with Crippen molar-refractivity contribution in [2.75, 3.05) is 5.75 Å². The molecule has 2 rings (SSSR count). The fraction of sp³-hybridized carbons (Fsp3) is 0.667. The third-order valence-corrected chi connectivity index (χ3v) is 6.31. The van der Waals surface area contributed by atoms with Crippen LogP contribution in [0.3, 0.4) is 0 Å². The Morgan fingerprint density at radius 1 is 1.26 bits per heavy atom. The molecule has 1 aromatic carbocycles. The Labute approximate surface area is 146 Å². The van der Waals surface area contributed by atoms with Crippen LogP contribution in [0.15, 0.2) is 17.0 Å². The van der Waals surface area contributed by atoms with Crippen LogP contribution in [0, 0.1) is 5.92 Å². The number of thioether (sulfide) groups is 1. The summed E-state index contributed by atoms with van der Waals surface area (Å²) in [7, 11) is 0. The van der Waals surface area contributed by atoms with Gasteiger partial charge < -0.3 is 0 Å². The summed E-state index contributed by atoms with van der Waals surface area (Å²) in [4.78, 5) is 14.1. The van der Waals surface area contributed by atoms with E-state index in [4.69, 9.17) is 0 Å². The molecule has 0 saturated heterocycles. The summed E-state index contributed by atoms with van der Waals surface area (Å²) >= 11 is 1.96. The van der Waals surface area contributed by atoms with E-state index in [-0.39, 0.29) is 10.8 Å². The highest BCUT2D eigenvalue weighted by atomic mass is 32.2. The summed E-state index contributed by atoms with van der Waals surface area (Å²) in [6.07, 6.45) is 2.80. The molecule has 0 radical (unpaired) electrons. The Bertz CT molecular complexity index is 591. The van der Waals surface area contributed by atoms with Gasteiger partial charge in [0, 0.05) is 28.0 Å². The molecule has 0 atom stereocenters. The number of carbonyl (C=O) groups excluding carboxylic acids is 1. The Balaban J connectivity index is 2.37. The maximum absolute atomic E-state index is 12.7. The number of ketones is 1. The highest BCUT2D eigenvalue weighted by molar-refractivity contribution is 7.99. The van der Waals surface area contributed by atoms with Crippen molar-refractivity contribution in [1.82, 2.24) is 0 Å². The average Bonchev–Trinajstić information content (AvgIpc) is 2.72. The van der Waals surface area contributed by atoms with Crippen molar-refractivity contribution in [1.29, 1.82) is 0 Å². The molecular formula is C21H32OS. The van der Waals surface area contributed by atoms with Crippen molar-refractivity contribution in [2.45, 2.75) is 83.5 Å². The number of Topliss-reactive ketones (excluding diaryl/α,β-unsaturated/α-hetero) is 1. The molecule has 1 aromatic rings. The van der Waals surface area contributed by atoms with Gasteiger partial charge in [0.25, 0.3) is 0 Å². The zero-order valence-corrected chi connectivity index (χ0v) is 16.7. The van der Waals surface area contributed by atoms with Gasteiger partial charge in [-0.3, -0.25) is 4.79 Å². The fourth-order valence-electron chi connectivity index (χ4n) is 3.15. The first-order valence-corrected chi connectivity index (χ1v) is 9.86. The van der Waals surface area contributed by atoms with Crippen molar-refractivity contribution < 1.29 is 4.79 Å². The lowest BCUT2D eigenvalue weighted by Crippen LogP contribution is -2.19. The Morgan fingerprint density at radius 3 is 2.48 bits per heavy atom. The van der Waals surface area contributed by atoms with Gasteiger partial charge in [-0.25, -0.2) is 0 Å². The number of hydrogen-bond donors (Lipinski definition) is 0. The third kappa shape index (κ3) is 4.21. The SMILES string of the molecule is CC(C)CCCC(=O)c1cc(C(C)(C)C)c2c(c1)C(C)(C)CS2. The minimum Gasteiger partial charge on any atom is -0.294 e. The van der Waals surface area contributed by atoms with Crippen LogP contribution in [-0.2, 0) is 10.8 Å². The van der Waals surface area contributed by atoms with E-state index < -0.39 is 0 Å². The highest BCUT2D eigenvalue weighted by Crippen LogP contribution is 2.48.